The van der Waals surface area contributed by atoms with Crippen LogP contribution in [0.2, 0.25) is 0 Å². The SMILES string of the molecule is CC(=S)OC(c1ccccc1)(c1ccccc1)c1ccccc1. The molecule has 3 aromatic rings. The van der Waals surface area contributed by atoms with Crippen LogP contribution in [0, 0.1) is 0 Å². The van der Waals surface area contributed by atoms with Crippen LogP contribution in [-0.2, 0) is 10.3 Å². The van der Waals surface area contributed by atoms with Crippen molar-refractivity contribution < 1.29 is 4.74 Å². The maximum atomic E-state index is 6.33. The molecule has 0 aromatic heterocycles. The van der Waals surface area contributed by atoms with Crippen LogP contribution in [0.3, 0.4) is 0 Å². The number of ether oxygens (including phenoxy) is 1. The standard InChI is InChI=1S/C21H18OS/c1-17(23)22-21(18-11-5-2-6-12-18,19-13-7-3-8-14-19)20-15-9-4-10-16-20/h2-16H,1H3. The van der Waals surface area contributed by atoms with E-state index >= 15 is 0 Å². The van der Waals surface area contributed by atoms with E-state index in [0.29, 0.717) is 5.05 Å². The van der Waals surface area contributed by atoms with Crippen molar-refractivity contribution in [1.29, 1.82) is 0 Å². The van der Waals surface area contributed by atoms with Crippen molar-refractivity contribution in [2.45, 2.75) is 12.5 Å². The molecule has 2 heteroatoms. The quantitative estimate of drug-likeness (QED) is 0.474. The van der Waals surface area contributed by atoms with Crippen LogP contribution in [0.15, 0.2) is 91.0 Å². The highest BCUT2D eigenvalue weighted by Crippen LogP contribution is 2.40. The van der Waals surface area contributed by atoms with Gasteiger partial charge in [-0.25, -0.2) is 0 Å². The highest BCUT2D eigenvalue weighted by Gasteiger charge is 2.38. The van der Waals surface area contributed by atoms with Gasteiger partial charge in [-0.05, 0) is 12.2 Å². The first-order chi connectivity index (χ1) is 11.2. The molecule has 3 rings (SSSR count). The topological polar surface area (TPSA) is 9.23 Å². The smallest absolute Gasteiger partial charge is 0.185 e. The second kappa shape index (κ2) is 6.76. The van der Waals surface area contributed by atoms with E-state index in [1.807, 2.05) is 61.5 Å². The maximum absolute atomic E-state index is 6.33. The average Bonchev–Trinajstić information content (AvgIpc) is 2.62. The molecule has 0 aliphatic heterocycles. The van der Waals surface area contributed by atoms with Gasteiger partial charge in [0.05, 0.1) is 0 Å². The van der Waals surface area contributed by atoms with Crippen molar-refractivity contribution in [2.24, 2.45) is 0 Å². The van der Waals surface area contributed by atoms with E-state index < -0.39 is 5.60 Å². The lowest BCUT2D eigenvalue weighted by molar-refractivity contribution is 0.145. The van der Waals surface area contributed by atoms with E-state index in [2.05, 4.69) is 36.4 Å². The van der Waals surface area contributed by atoms with E-state index in [1.54, 1.807) is 0 Å². The van der Waals surface area contributed by atoms with Crippen LogP contribution in [-0.4, -0.2) is 5.05 Å². The number of rotatable bonds is 4. The van der Waals surface area contributed by atoms with Crippen molar-refractivity contribution in [2.75, 3.05) is 0 Å². The minimum absolute atomic E-state index is 0.515. The summed E-state index contributed by atoms with van der Waals surface area (Å²) in [6, 6.07) is 30.7. The summed E-state index contributed by atoms with van der Waals surface area (Å²) in [7, 11) is 0. The third-order valence-corrected chi connectivity index (χ3v) is 3.92. The largest absolute Gasteiger partial charge is 0.467 e. The monoisotopic (exact) mass is 318 g/mol. The zero-order chi connectivity index (χ0) is 16.1. The minimum Gasteiger partial charge on any atom is -0.467 e. The summed E-state index contributed by atoms with van der Waals surface area (Å²) in [5.41, 5.74) is 2.43. The van der Waals surface area contributed by atoms with E-state index in [-0.39, 0.29) is 0 Å². The summed E-state index contributed by atoms with van der Waals surface area (Å²) >= 11 is 5.32. The van der Waals surface area contributed by atoms with Crippen LogP contribution in [0.25, 0.3) is 0 Å². The second-order valence-corrected chi connectivity index (χ2v) is 5.95. The van der Waals surface area contributed by atoms with Gasteiger partial charge in [0.15, 0.2) is 10.7 Å². The Morgan fingerprint density at radius 3 is 1.22 bits per heavy atom. The van der Waals surface area contributed by atoms with E-state index in [1.165, 1.54) is 0 Å². The fourth-order valence-corrected chi connectivity index (χ4v) is 3.04. The van der Waals surface area contributed by atoms with Crippen molar-refractivity contribution >= 4 is 17.3 Å². The van der Waals surface area contributed by atoms with Gasteiger partial charge in [-0.2, -0.15) is 0 Å². The molecule has 23 heavy (non-hydrogen) atoms. The molecule has 0 heterocycles. The Morgan fingerprint density at radius 2 is 0.957 bits per heavy atom. The molecule has 0 unspecified atom stereocenters. The first-order valence-corrected chi connectivity index (χ1v) is 8.00. The minimum atomic E-state index is -0.740. The molecular weight excluding hydrogens is 300 g/mol. The van der Waals surface area contributed by atoms with Gasteiger partial charge in [-0.3, -0.25) is 0 Å². The van der Waals surface area contributed by atoms with Crippen LogP contribution in [0.1, 0.15) is 23.6 Å². The molecule has 0 amide bonds. The molecule has 0 saturated carbocycles. The van der Waals surface area contributed by atoms with Crippen LogP contribution >= 0.6 is 12.2 Å². The highest BCUT2D eigenvalue weighted by molar-refractivity contribution is 7.80. The van der Waals surface area contributed by atoms with Crippen LogP contribution < -0.4 is 0 Å². The van der Waals surface area contributed by atoms with Crippen LogP contribution in [0.4, 0.5) is 0 Å². The first kappa shape index (κ1) is 15.4. The lowest BCUT2D eigenvalue weighted by Crippen LogP contribution is -2.34. The fraction of sp³-hybridized carbons (Fsp3) is 0.0952. The summed E-state index contributed by atoms with van der Waals surface area (Å²) in [5.74, 6) is 0. The van der Waals surface area contributed by atoms with Gasteiger partial charge in [0.2, 0.25) is 0 Å². The lowest BCUT2D eigenvalue weighted by atomic mass is 9.80. The van der Waals surface area contributed by atoms with Crippen molar-refractivity contribution in [3.05, 3.63) is 108 Å². The van der Waals surface area contributed by atoms with Crippen LogP contribution in [0.5, 0.6) is 0 Å². The molecule has 0 saturated heterocycles. The van der Waals surface area contributed by atoms with Gasteiger partial charge in [0, 0.05) is 23.6 Å². The Balaban J connectivity index is 2.32. The predicted molar refractivity (Wildman–Crippen MR) is 98.6 cm³/mol. The van der Waals surface area contributed by atoms with Gasteiger partial charge < -0.3 is 4.74 Å². The Bertz CT molecular complexity index is 670. The molecule has 114 valence electrons. The van der Waals surface area contributed by atoms with Gasteiger partial charge in [-0.1, -0.05) is 91.0 Å². The fourth-order valence-electron chi connectivity index (χ4n) is 2.91. The molecule has 0 atom stereocenters. The lowest BCUT2D eigenvalue weighted by Gasteiger charge is -2.35. The molecule has 0 spiro atoms. The Hall–Kier alpha value is -2.45. The second-order valence-electron chi connectivity index (χ2n) is 5.37. The molecule has 0 bridgehead atoms. The van der Waals surface area contributed by atoms with Crippen molar-refractivity contribution in [3.8, 4) is 0 Å². The zero-order valence-electron chi connectivity index (χ0n) is 13.0. The Kier molecular flexibility index (Phi) is 4.54. The summed E-state index contributed by atoms with van der Waals surface area (Å²) in [5, 5.41) is 0.515. The summed E-state index contributed by atoms with van der Waals surface area (Å²) in [4.78, 5) is 0. The van der Waals surface area contributed by atoms with Gasteiger partial charge in [0.1, 0.15) is 0 Å². The molecule has 0 aliphatic rings. The third kappa shape index (κ3) is 3.03. The van der Waals surface area contributed by atoms with Crippen molar-refractivity contribution in [3.63, 3.8) is 0 Å². The molecule has 0 N–H and O–H groups in total. The van der Waals surface area contributed by atoms with E-state index in [0.717, 1.165) is 16.7 Å². The number of hydrogen-bond acceptors (Lipinski definition) is 2. The molecular formula is C21H18OS. The van der Waals surface area contributed by atoms with Gasteiger partial charge in [-0.15, -0.1) is 0 Å². The zero-order valence-corrected chi connectivity index (χ0v) is 13.8. The predicted octanol–water partition coefficient (Wildman–Crippen LogP) is 5.34. The summed E-state index contributed by atoms with van der Waals surface area (Å²) in [6.07, 6.45) is 0. The maximum Gasteiger partial charge on any atom is 0.185 e. The Morgan fingerprint density at radius 1 is 0.652 bits per heavy atom. The van der Waals surface area contributed by atoms with Gasteiger partial charge in [0.25, 0.3) is 0 Å². The normalized spacial score (nSPS) is 11.0. The number of benzene rings is 3. The third-order valence-electron chi connectivity index (χ3n) is 3.84. The average molecular weight is 318 g/mol. The van der Waals surface area contributed by atoms with E-state index in [4.69, 9.17) is 17.0 Å². The molecule has 3 aromatic carbocycles. The number of thiocarbonyl (C=S) groups is 1. The summed E-state index contributed by atoms with van der Waals surface area (Å²) < 4.78 is 6.33. The summed E-state index contributed by atoms with van der Waals surface area (Å²) in [6.45, 7) is 1.82. The molecule has 0 radical (unpaired) electrons. The molecule has 0 fully saturated rings. The highest BCUT2D eigenvalue weighted by atomic mass is 32.1. The first-order valence-electron chi connectivity index (χ1n) is 7.59. The van der Waals surface area contributed by atoms with E-state index in [9.17, 15) is 0 Å². The Labute approximate surface area is 142 Å². The molecule has 0 aliphatic carbocycles. The number of hydrogen-bond donors (Lipinski definition) is 0. The van der Waals surface area contributed by atoms with Gasteiger partial charge >= 0.3 is 0 Å². The molecule has 1 nitrogen and oxygen atoms in total. The van der Waals surface area contributed by atoms with Crippen molar-refractivity contribution in [1.82, 2.24) is 0 Å².